The number of nitrogens with zero attached hydrogens (tertiary/aromatic N) is 2. The highest BCUT2D eigenvalue weighted by atomic mass is 15.3. The summed E-state index contributed by atoms with van der Waals surface area (Å²) in [7, 11) is 0. The molecular formula is C23H28N2. The molecular weight excluding hydrogens is 304 g/mol. The summed E-state index contributed by atoms with van der Waals surface area (Å²) < 4.78 is 0. The van der Waals surface area contributed by atoms with Gasteiger partial charge >= 0.3 is 0 Å². The third-order valence-electron chi connectivity index (χ3n) is 6.65. The van der Waals surface area contributed by atoms with Crippen LogP contribution >= 0.6 is 0 Å². The molecule has 1 saturated heterocycles. The number of fused-ring (bicyclic) bond motifs is 3. The lowest BCUT2D eigenvalue weighted by molar-refractivity contribution is 0.109. The molecule has 0 N–H and O–H groups in total. The lowest BCUT2D eigenvalue weighted by Crippen LogP contribution is -2.47. The average Bonchev–Trinajstić information content (AvgIpc) is 3.27. The monoisotopic (exact) mass is 332 g/mol. The summed E-state index contributed by atoms with van der Waals surface area (Å²) in [6.07, 6.45) is 7.84. The highest BCUT2D eigenvalue weighted by Crippen LogP contribution is 2.43. The minimum absolute atomic E-state index is 0.888. The van der Waals surface area contributed by atoms with Crippen molar-refractivity contribution in [2.45, 2.75) is 19.4 Å². The minimum atomic E-state index is 0.888. The number of allylic oxidation sites excluding steroid dienone is 2. The van der Waals surface area contributed by atoms with Crippen LogP contribution in [0.4, 0.5) is 0 Å². The molecule has 3 atom stereocenters. The highest BCUT2D eigenvalue weighted by Gasteiger charge is 2.36. The van der Waals surface area contributed by atoms with Crippen molar-refractivity contribution < 1.29 is 0 Å². The summed E-state index contributed by atoms with van der Waals surface area (Å²) in [6.45, 7) is 7.31. The van der Waals surface area contributed by atoms with E-state index in [1.165, 1.54) is 61.9 Å². The van der Waals surface area contributed by atoms with E-state index in [9.17, 15) is 0 Å². The van der Waals surface area contributed by atoms with Crippen LogP contribution < -0.4 is 0 Å². The van der Waals surface area contributed by atoms with Gasteiger partial charge in [-0.2, -0.15) is 0 Å². The van der Waals surface area contributed by atoms with Crippen LogP contribution in [0, 0.1) is 17.8 Å². The van der Waals surface area contributed by atoms with Gasteiger partial charge in [0.05, 0.1) is 0 Å². The minimum Gasteiger partial charge on any atom is -0.300 e. The van der Waals surface area contributed by atoms with Gasteiger partial charge in [-0.25, -0.2) is 0 Å². The van der Waals surface area contributed by atoms with Crippen LogP contribution in [0.5, 0.6) is 0 Å². The maximum absolute atomic E-state index is 2.72. The highest BCUT2D eigenvalue weighted by molar-refractivity contribution is 5.85. The second-order valence-electron chi connectivity index (χ2n) is 8.26. The second kappa shape index (κ2) is 6.59. The Bertz CT molecular complexity index is 767. The SMILES string of the molecule is C1=C[C@@H]2C[C@H]1C[C@@H]2CN1CCN(Cc2cccc3ccccc23)CC1. The Balaban J connectivity index is 1.18. The molecule has 0 unspecified atom stereocenters. The van der Waals surface area contributed by atoms with Crippen LogP contribution in [-0.2, 0) is 6.54 Å². The van der Waals surface area contributed by atoms with Gasteiger partial charge in [0, 0.05) is 39.3 Å². The Kier molecular flexibility index (Phi) is 4.11. The van der Waals surface area contributed by atoms with E-state index in [4.69, 9.17) is 0 Å². The summed E-state index contributed by atoms with van der Waals surface area (Å²) in [6, 6.07) is 15.5. The number of benzene rings is 2. The van der Waals surface area contributed by atoms with Crippen molar-refractivity contribution in [2.75, 3.05) is 32.7 Å². The summed E-state index contributed by atoms with van der Waals surface area (Å²) >= 11 is 0. The Morgan fingerprint density at radius 2 is 1.60 bits per heavy atom. The van der Waals surface area contributed by atoms with Crippen molar-refractivity contribution in [1.82, 2.24) is 9.80 Å². The van der Waals surface area contributed by atoms with E-state index in [0.29, 0.717) is 0 Å². The van der Waals surface area contributed by atoms with Crippen LogP contribution in [0.25, 0.3) is 10.8 Å². The molecule has 2 nitrogen and oxygen atoms in total. The fraction of sp³-hybridized carbons (Fsp3) is 0.478. The van der Waals surface area contributed by atoms with Crippen molar-refractivity contribution >= 4 is 10.8 Å². The molecule has 1 heterocycles. The first-order chi connectivity index (χ1) is 12.3. The molecule has 2 heteroatoms. The first-order valence-electron chi connectivity index (χ1n) is 9.95. The largest absolute Gasteiger partial charge is 0.300 e. The molecule has 0 aromatic heterocycles. The fourth-order valence-corrected chi connectivity index (χ4v) is 5.24. The maximum atomic E-state index is 2.72. The zero-order valence-electron chi connectivity index (χ0n) is 15.0. The van der Waals surface area contributed by atoms with Crippen molar-refractivity contribution in [3.8, 4) is 0 Å². The lowest BCUT2D eigenvalue weighted by atomic mass is 9.93. The van der Waals surface area contributed by atoms with Crippen LogP contribution in [0.1, 0.15) is 18.4 Å². The molecule has 1 aliphatic heterocycles. The molecule has 2 fully saturated rings. The Hall–Kier alpha value is -1.64. The molecule has 2 bridgehead atoms. The van der Waals surface area contributed by atoms with E-state index >= 15 is 0 Å². The molecule has 25 heavy (non-hydrogen) atoms. The molecule has 0 amide bonds. The standard InChI is InChI=1S/C23H28N2/c1-2-7-23-19(4-1)5-3-6-21(23)16-24-10-12-25(13-11-24)17-22-15-18-8-9-20(22)14-18/h1-9,18,20,22H,10-17H2/t18-,20+,22+/m0/s1. The smallest absolute Gasteiger partial charge is 0.0240 e. The van der Waals surface area contributed by atoms with Gasteiger partial charge in [0.25, 0.3) is 0 Å². The van der Waals surface area contributed by atoms with Gasteiger partial charge in [-0.1, -0.05) is 54.6 Å². The van der Waals surface area contributed by atoms with Gasteiger partial charge in [-0.05, 0) is 46.9 Å². The van der Waals surface area contributed by atoms with E-state index in [2.05, 4.69) is 64.4 Å². The van der Waals surface area contributed by atoms with Gasteiger partial charge in [0.2, 0.25) is 0 Å². The summed E-state index contributed by atoms with van der Waals surface area (Å²) in [4.78, 5) is 5.36. The molecule has 2 aromatic carbocycles. The normalized spacial score (nSPS) is 29.7. The predicted molar refractivity (Wildman–Crippen MR) is 105 cm³/mol. The Morgan fingerprint density at radius 1 is 0.800 bits per heavy atom. The van der Waals surface area contributed by atoms with Gasteiger partial charge < -0.3 is 4.90 Å². The predicted octanol–water partition coefficient (Wildman–Crippen LogP) is 4.17. The first kappa shape index (κ1) is 15.6. The van der Waals surface area contributed by atoms with E-state index in [1.54, 1.807) is 0 Å². The van der Waals surface area contributed by atoms with E-state index < -0.39 is 0 Å². The number of hydrogen-bond donors (Lipinski definition) is 0. The third kappa shape index (κ3) is 3.14. The molecule has 2 aromatic rings. The van der Waals surface area contributed by atoms with Gasteiger partial charge in [-0.3, -0.25) is 4.90 Å². The Labute approximate surface area is 151 Å². The molecule has 3 aliphatic rings. The number of piperazine rings is 1. The van der Waals surface area contributed by atoms with Gasteiger partial charge in [0.15, 0.2) is 0 Å². The van der Waals surface area contributed by atoms with Crippen molar-refractivity contribution in [2.24, 2.45) is 17.8 Å². The van der Waals surface area contributed by atoms with Crippen molar-refractivity contribution in [3.05, 3.63) is 60.2 Å². The molecule has 0 spiro atoms. The van der Waals surface area contributed by atoms with Gasteiger partial charge in [0.1, 0.15) is 0 Å². The maximum Gasteiger partial charge on any atom is 0.0240 e. The molecule has 1 saturated carbocycles. The topological polar surface area (TPSA) is 6.48 Å². The van der Waals surface area contributed by atoms with Crippen molar-refractivity contribution in [3.63, 3.8) is 0 Å². The number of rotatable bonds is 4. The summed E-state index contributed by atoms with van der Waals surface area (Å²) in [5.74, 6) is 2.72. The molecule has 5 rings (SSSR count). The zero-order valence-corrected chi connectivity index (χ0v) is 15.0. The quantitative estimate of drug-likeness (QED) is 0.775. The van der Waals surface area contributed by atoms with E-state index in [1.807, 2.05) is 0 Å². The fourth-order valence-electron chi connectivity index (χ4n) is 5.24. The van der Waals surface area contributed by atoms with Crippen molar-refractivity contribution in [1.29, 1.82) is 0 Å². The number of hydrogen-bond acceptors (Lipinski definition) is 2. The van der Waals surface area contributed by atoms with E-state index in [0.717, 1.165) is 24.3 Å². The third-order valence-corrected chi connectivity index (χ3v) is 6.65. The Morgan fingerprint density at radius 3 is 2.40 bits per heavy atom. The van der Waals surface area contributed by atoms with Crippen LogP contribution in [0.15, 0.2) is 54.6 Å². The molecule has 0 radical (unpaired) electrons. The summed E-state index contributed by atoms with van der Waals surface area (Å²) in [5, 5.41) is 2.78. The molecule has 130 valence electrons. The van der Waals surface area contributed by atoms with E-state index in [-0.39, 0.29) is 0 Å². The van der Waals surface area contributed by atoms with Crippen LogP contribution in [0.3, 0.4) is 0 Å². The van der Waals surface area contributed by atoms with Crippen LogP contribution in [-0.4, -0.2) is 42.5 Å². The lowest BCUT2D eigenvalue weighted by Gasteiger charge is -2.37. The van der Waals surface area contributed by atoms with Crippen LogP contribution in [0.2, 0.25) is 0 Å². The first-order valence-corrected chi connectivity index (χ1v) is 9.95. The average molecular weight is 332 g/mol. The molecule has 2 aliphatic carbocycles. The zero-order chi connectivity index (χ0) is 16.6. The second-order valence-corrected chi connectivity index (χ2v) is 8.26. The summed E-state index contributed by atoms with van der Waals surface area (Å²) in [5.41, 5.74) is 1.48. The van der Waals surface area contributed by atoms with Gasteiger partial charge in [-0.15, -0.1) is 0 Å².